The zero-order valence-corrected chi connectivity index (χ0v) is 9.16. The molecule has 2 rings (SSSR count). The topological polar surface area (TPSA) is 33.0 Å². The SMILES string of the molecule is N#CCc1cccc2cccc(OC(F)(F)F)c12. The zero-order chi connectivity index (χ0) is 13.2. The van der Waals surface area contributed by atoms with Gasteiger partial charge < -0.3 is 4.74 Å². The third-order valence-corrected chi connectivity index (χ3v) is 2.45. The van der Waals surface area contributed by atoms with Crippen LogP contribution in [0.1, 0.15) is 5.56 Å². The van der Waals surface area contributed by atoms with E-state index >= 15 is 0 Å². The van der Waals surface area contributed by atoms with Gasteiger partial charge in [0.25, 0.3) is 0 Å². The molecule has 0 aliphatic rings. The Morgan fingerprint density at radius 2 is 1.78 bits per heavy atom. The molecule has 2 nitrogen and oxygen atoms in total. The summed E-state index contributed by atoms with van der Waals surface area (Å²) in [6.07, 6.45) is -4.70. The minimum atomic E-state index is -4.74. The zero-order valence-electron chi connectivity index (χ0n) is 9.16. The molecule has 0 aliphatic carbocycles. The van der Waals surface area contributed by atoms with Gasteiger partial charge in [0.2, 0.25) is 0 Å². The molecular formula is C13H8F3NO. The van der Waals surface area contributed by atoms with E-state index in [4.69, 9.17) is 5.26 Å². The molecule has 0 spiro atoms. The molecule has 2 aromatic rings. The molecule has 2 aromatic carbocycles. The van der Waals surface area contributed by atoms with Crippen LogP contribution in [0.5, 0.6) is 5.75 Å². The standard InChI is InChI=1S/C13H8F3NO/c14-13(15,16)18-11-6-2-5-9-3-1-4-10(7-8-17)12(9)11/h1-6H,7H2. The highest BCUT2D eigenvalue weighted by Crippen LogP contribution is 2.33. The summed E-state index contributed by atoms with van der Waals surface area (Å²) in [7, 11) is 0. The van der Waals surface area contributed by atoms with Crippen LogP contribution < -0.4 is 4.74 Å². The molecule has 0 amide bonds. The Balaban J connectivity index is 2.63. The van der Waals surface area contributed by atoms with E-state index < -0.39 is 6.36 Å². The number of nitriles is 1. The van der Waals surface area contributed by atoms with Crippen molar-refractivity contribution >= 4 is 10.8 Å². The monoisotopic (exact) mass is 251 g/mol. The molecule has 0 heterocycles. The van der Waals surface area contributed by atoms with E-state index in [0.717, 1.165) is 0 Å². The van der Waals surface area contributed by atoms with Crippen molar-refractivity contribution in [2.45, 2.75) is 12.8 Å². The van der Waals surface area contributed by atoms with Gasteiger partial charge in [0.05, 0.1) is 12.5 Å². The summed E-state index contributed by atoms with van der Waals surface area (Å²) in [4.78, 5) is 0. The molecule has 0 N–H and O–H groups in total. The Labute approximate surface area is 101 Å². The lowest BCUT2D eigenvalue weighted by atomic mass is 10.0. The molecule has 0 aliphatic heterocycles. The van der Waals surface area contributed by atoms with E-state index in [0.29, 0.717) is 16.3 Å². The Morgan fingerprint density at radius 3 is 2.39 bits per heavy atom. The van der Waals surface area contributed by atoms with Crippen LogP contribution in [0.25, 0.3) is 10.8 Å². The first kappa shape index (κ1) is 12.2. The number of nitrogens with zero attached hydrogens (tertiary/aromatic N) is 1. The van der Waals surface area contributed by atoms with Crippen molar-refractivity contribution < 1.29 is 17.9 Å². The van der Waals surface area contributed by atoms with Crippen molar-refractivity contribution in [3.8, 4) is 11.8 Å². The second kappa shape index (κ2) is 4.57. The summed E-state index contributed by atoms with van der Waals surface area (Å²) in [6.45, 7) is 0. The number of rotatable bonds is 2. The van der Waals surface area contributed by atoms with E-state index in [1.54, 1.807) is 24.3 Å². The minimum absolute atomic E-state index is 0.0373. The lowest BCUT2D eigenvalue weighted by molar-refractivity contribution is -0.274. The van der Waals surface area contributed by atoms with E-state index in [-0.39, 0.29) is 12.2 Å². The van der Waals surface area contributed by atoms with E-state index in [1.165, 1.54) is 12.1 Å². The van der Waals surface area contributed by atoms with Gasteiger partial charge in [-0.15, -0.1) is 13.2 Å². The quantitative estimate of drug-likeness (QED) is 0.813. The number of ether oxygens (including phenoxy) is 1. The number of benzene rings is 2. The van der Waals surface area contributed by atoms with E-state index in [9.17, 15) is 13.2 Å². The Hall–Kier alpha value is -2.22. The molecule has 0 bridgehead atoms. The maximum atomic E-state index is 12.3. The van der Waals surface area contributed by atoms with Crippen LogP contribution in [0.2, 0.25) is 0 Å². The van der Waals surface area contributed by atoms with Crippen LogP contribution in [0.4, 0.5) is 13.2 Å². The van der Waals surface area contributed by atoms with Gasteiger partial charge in [-0.1, -0.05) is 30.3 Å². The summed E-state index contributed by atoms with van der Waals surface area (Å²) in [5.74, 6) is -0.272. The number of alkyl halides is 3. The molecule has 0 saturated carbocycles. The van der Waals surface area contributed by atoms with Crippen molar-refractivity contribution in [2.75, 3.05) is 0 Å². The van der Waals surface area contributed by atoms with Crippen LogP contribution in [-0.2, 0) is 6.42 Å². The van der Waals surface area contributed by atoms with Crippen LogP contribution in [0.15, 0.2) is 36.4 Å². The average molecular weight is 251 g/mol. The minimum Gasteiger partial charge on any atom is -0.405 e. The number of hydrogen-bond donors (Lipinski definition) is 0. The molecular weight excluding hydrogens is 243 g/mol. The van der Waals surface area contributed by atoms with Gasteiger partial charge in [-0.2, -0.15) is 5.26 Å². The molecule has 0 saturated heterocycles. The predicted molar refractivity (Wildman–Crippen MR) is 59.9 cm³/mol. The van der Waals surface area contributed by atoms with Crippen molar-refractivity contribution in [1.29, 1.82) is 5.26 Å². The summed E-state index contributed by atoms with van der Waals surface area (Å²) in [5, 5.41) is 9.64. The van der Waals surface area contributed by atoms with Gasteiger partial charge in [0, 0.05) is 5.39 Å². The summed E-state index contributed by atoms with van der Waals surface area (Å²) in [6, 6.07) is 11.3. The first-order valence-corrected chi connectivity index (χ1v) is 5.14. The molecule has 0 aromatic heterocycles. The third kappa shape index (κ3) is 2.54. The average Bonchev–Trinajstić information content (AvgIpc) is 2.28. The molecule has 92 valence electrons. The second-order valence-corrected chi connectivity index (χ2v) is 3.65. The molecule has 0 fully saturated rings. The fourth-order valence-electron chi connectivity index (χ4n) is 1.82. The normalized spacial score (nSPS) is 11.2. The maximum absolute atomic E-state index is 12.3. The van der Waals surface area contributed by atoms with Gasteiger partial charge in [0.15, 0.2) is 0 Å². The lowest BCUT2D eigenvalue weighted by Crippen LogP contribution is -2.17. The number of hydrogen-bond acceptors (Lipinski definition) is 2. The summed E-state index contributed by atoms with van der Waals surface area (Å²) < 4.78 is 40.9. The van der Waals surface area contributed by atoms with Gasteiger partial charge in [0.1, 0.15) is 5.75 Å². The molecule has 0 unspecified atom stereocenters. The van der Waals surface area contributed by atoms with Crippen LogP contribution in [0.3, 0.4) is 0 Å². The second-order valence-electron chi connectivity index (χ2n) is 3.65. The fraction of sp³-hybridized carbons (Fsp3) is 0.154. The Kier molecular flexibility index (Phi) is 3.11. The fourth-order valence-corrected chi connectivity index (χ4v) is 1.82. The van der Waals surface area contributed by atoms with Crippen LogP contribution in [0, 0.1) is 11.3 Å². The van der Waals surface area contributed by atoms with Gasteiger partial charge in [-0.3, -0.25) is 0 Å². The molecule has 18 heavy (non-hydrogen) atoms. The van der Waals surface area contributed by atoms with Crippen LogP contribution >= 0.6 is 0 Å². The molecule has 5 heteroatoms. The summed E-state index contributed by atoms with van der Waals surface area (Å²) in [5.41, 5.74) is 0.523. The van der Waals surface area contributed by atoms with Crippen molar-refractivity contribution in [1.82, 2.24) is 0 Å². The highest BCUT2D eigenvalue weighted by Gasteiger charge is 2.32. The van der Waals surface area contributed by atoms with E-state index in [1.807, 2.05) is 6.07 Å². The van der Waals surface area contributed by atoms with Crippen molar-refractivity contribution in [2.24, 2.45) is 0 Å². The maximum Gasteiger partial charge on any atom is 0.573 e. The van der Waals surface area contributed by atoms with Gasteiger partial charge >= 0.3 is 6.36 Å². The van der Waals surface area contributed by atoms with Crippen molar-refractivity contribution in [3.05, 3.63) is 42.0 Å². The Bertz CT molecular complexity index is 608. The van der Waals surface area contributed by atoms with Crippen LogP contribution in [-0.4, -0.2) is 6.36 Å². The molecule has 0 atom stereocenters. The summed E-state index contributed by atoms with van der Waals surface area (Å²) >= 11 is 0. The Morgan fingerprint density at radius 1 is 1.11 bits per heavy atom. The lowest BCUT2D eigenvalue weighted by Gasteiger charge is -2.13. The highest BCUT2D eigenvalue weighted by molar-refractivity contribution is 5.91. The predicted octanol–water partition coefficient (Wildman–Crippen LogP) is 3.80. The number of fused-ring (bicyclic) bond motifs is 1. The van der Waals surface area contributed by atoms with Gasteiger partial charge in [-0.05, 0) is 17.0 Å². The largest absolute Gasteiger partial charge is 0.573 e. The highest BCUT2D eigenvalue weighted by atomic mass is 19.4. The number of halogens is 3. The van der Waals surface area contributed by atoms with Crippen molar-refractivity contribution in [3.63, 3.8) is 0 Å². The first-order chi connectivity index (χ1) is 8.51. The van der Waals surface area contributed by atoms with Gasteiger partial charge in [-0.25, -0.2) is 0 Å². The smallest absolute Gasteiger partial charge is 0.405 e. The third-order valence-electron chi connectivity index (χ3n) is 2.45. The molecule has 0 radical (unpaired) electrons. The van der Waals surface area contributed by atoms with E-state index in [2.05, 4.69) is 4.74 Å². The first-order valence-electron chi connectivity index (χ1n) is 5.14.